The van der Waals surface area contributed by atoms with E-state index in [4.69, 9.17) is 20.1 Å². The summed E-state index contributed by atoms with van der Waals surface area (Å²) in [5.74, 6) is 5.54. The highest BCUT2D eigenvalue weighted by molar-refractivity contribution is 5.25. The normalized spacial score (nSPS) is 26.1. The van der Waals surface area contributed by atoms with Crippen molar-refractivity contribution in [3.8, 4) is 12.0 Å². The summed E-state index contributed by atoms with van der Waals surface area (Å²) in [5, 5.41) is 0. The Labute approximate surface area is 118 Å². The fraction of sp³-hybridized carbons (Fsp3) is 0.750. The average molecular weight is 283 g/mol. The summed E-state index contributed by atoms with van der Waals surface area (Å²) in [7, 11) is 0. The van der Waals surface area contributed by atoms with Gasteiger partial charge >= 0.3 is 12.0 Å². The van der Waals surface area contributed by atoms with Crippen molar-refractivity contribution in [3.63, 3.8) is 0 Å². The van der Waals surface area contributed by atoms with Crippen molar-refractivity contribution in [3.05, 3.63) is 0 Å². The van der Waals surface area contributed by atoms with Crippen molar-refractivity contribution in [2.24, 2.45) is 5.84 Å². The lowest BCUT2D eigenvalue weighted by Gasteiger charge is -2.31. The molecule has 1 aromatic rings. The van der Waals surface area contributed by atoms with Crippen LogP contribution in [0.5, 0.6) is 12.0 Å². The number of anilines is 1. The van der Waals surface area contributed by atoms with Crippen LogP contribution in [0, 0.1) is 0 Å². The maximum atomic E-state index is 5.81. The number of nitrogens with one attached hydrogen (secondary N) is 1. The number of ether oxygens (including phenoxy) is 3. The first-order chi connectivity index (χ1) is 9.60. The van der Waals surface area contributed by atoms with Crippen LogP contribution < -0.4 is 20.7 Å². The molecule has 3 N–H and O–H groups in total. The number of hydrogen-bond donors (Lipinski definition) is 2. The highest BCUT2D eigenvalue weighted by atomic mass is 16.5. The summed E-state index contributed by atoms with van der Waals surface area (Å²) in [6, 6.07) is 0.404. The minimum Gasteiger partial charge on any atom is -0.464 e. The van der Waals surface area contributed by atoms with Crippen molar-refractivity contribution >= 4 is 5.95 Å². The molecule has 8 nitrogen and oxygen atoms in total. The van der Waals surface area contributed by atoms with Gasteiger partial charge in [-0.15, -0.1) is 4.98 Å². The van der Waals surface area contributed by atoms with E-state index in [2.05, 4.69) is 20.4 Å². The van der Waals surface area contributed by atoms with Gasteiger partial charge in [0.05, 0.1) is 18.8 Å². The van der Waals surface area contributed by atoms with Crippen LogP contribution in [0.1, 0.15) is 33.6 Å². The molecule has 1 aromatic heterocycles. The Morgan fingerprint density at radius 3 is 2.45 bits per heavy atom. The first-order valence-electron chi connectivity index (χ1n) is 6.78. The summed E-state index contributed by atoms with van der Waals surface area (Å²) in [6.07, 6.45) is 1.92. The number of rotatable bonds is 5. The second kappa shape index (κ2) is 6.67. The van der Waals surface area contributed by atoms with Gasteiger partial charge in [0.1, 0.15) is 6.10 Å². The lowest BCUT2D eigenvalue weighted by Crippen LogP contribution is -2.36. The van der Waals surface area contributed by atoms with Gasteiger partial charge in [0.2, 0.25) is 5.95 Å². The maximum Gasteiger partial charge on any atom is 0.324 e. The molecule has 0 bridgehead atoms. The van der Waals surface area contributed by atoms with Crippen LogP contribution in [0.3, 0.4) is 0 Å². The molecule has 2 unspecified atom stereocenters. The van der Waals surface area contributed by atoms with Gasteiger partial charge in [-0.25, -0.2) is 5.84 Å². The summed E-state index contributed by atoms with van der Waals surface area (Å²) in [6.45, 7) is 6.36. The SMILES string of the molecule is CCOc1nc(NN)nc(OC2CC(C)OC(C)C2)n1. The average Bonchev–Trinajstić information content (AvgIpc) is 2.37. The smallest absolute Gasteiger partial charge is 0.324 e. The molecule has 1 saturated heterocycles. The number of nitrogen functional groups attached to an aromatic ring is 1. The number of hydrogen-bond acceptors (Lipinski definition) is 8. The molecule has 2 atom stereocenters. The standard InChI is InChI=1S/C12H21N5O3/c1-4-18-11-14-10(17-13)15-12(16-11)20-9-5-7(2)19-8(3)6-9/h7-9H,4-6,13H2,1-3H3,(H,14,15,16,17). The van der Waals surface area contributed by atoms with E-state index in [1.54, 1.807) is 0 Å². The lowest BCUT2D eigenvalue weighted by atomic mass is 10.0. The third kappa shape index (κ3) is 3.91. The molecule has 0 saturated carbocycles. The van der Waals surface area contributed by atoms with Gasteiger partial charge < -0.3 is 14.2 Å². The topological polar surface area (TPSA) is 104 Å². The molecule has 1 fully saturated rings. The summed E-state index contributed by atoms with van der Waals surface area (Å²) < 4.78 is 16.7. The summed E-state index contributed by atoms with van der Waals surface area (Å²) in [4.78, 5) is 12.2. The first kappa shape index (κ1) is 14.7. The number of hydrazine groups is 1. The van der Waals surface area contributed by atoms with Crippen LogP contribution in [-0.2, 0) is 4.74 Å². The highest BCUT2D eigenvalue weighted by Gasteiger charge is 2.26. The largest absolute Gasteiger partial charge is 0.464 e. The molecular weight excluding hydrogens is 262 g/mol. The Kier molecular flexibility index (Phi) is 4.91. The number of nitrogens with zero attached hydrogens (tertiary/aromatic N) is 3. The summed E-state index contributed by atoms with van der Waals surface area (Å²) >= 11 is 0. The van der Waals surface area contributed by atoms with E-state index in [-0.39, 0.29) is 36.3 Å². The lowest BCUT2D eigenvalue weighted by molar-refractivity contribution is -0.0739. The fourth-order valence-electron chi connectivity index (χ4n) is 2.24. The van der Waals surface area contributed by atoms with Crippen molar-refractivity contribution in [2.45, 2.75) is 51.9 Å². The molecule has 0 spiro atoms. The Hall–Kier alpha value is -1.67. The van der Waals surface area contributed by atoms with Gasteiger partial charge in [0.15, 0.2) is 0 Å². The van der Waals surface area contributed by atoms with Crippen molar-refractivity contribution < 1.29 is 14.2 Å². The van der Waals surface area contributed by atoms with Gasteiger partial charge in [-0.3, -0.25) is 5.43 Å². The predicted octanol–water partition coefficient (Wildman–Crippen LogP) is 0.891. The van der Waals surface area contributed by atoms with Crippen LogP contribution in [0.25, 0.3) is 0 Å². The molecule has 0 aromatic carbocycles. The van der Waals surface area contributed by atoms with E-state index in [1.807, 2.05) is 20.8 Å². The van der Waals surface area contributed by atoms with Gasteiger partial charge in [-0.2, -0.15) is 9.97 Å². The Bertz CT molecular complexity index is 435. The Balaban J connectivity index is 2.09. The van der Waals surface area contributed by atoms with E-state index in [0.29, 0.717) is 6.61 Å². The molecule has 2 heterocycles. The van der Waals surface area contributed by atoms with Gasteiger partial charge in [-0.05, 0) is 20.8 Å². The van der Waals surface area contributed by atoms with E-state index < -0.39 is 0 Å². The second-order valence-corrected chi connectivity index (χ2v) is 4.77. The molecular formula is C12H21N5O3. The Morgan fingerprint density at radius 1 is 1.20 bits per heavy atom. The molecule has 8 heteroatoms. The number of aromatic nitrogens is 3. The van der Waals surface area contributed by atoms with E-state index in [0.717, 1.165) is 12.8 Å². The minimum absolute atomic E-state index is 0.0104. The Morgan fingerprint density at radius 2 is 1.85 bits per heavy atom. The maximum absolute atomic E-state index is 5.81. The zero-order valence-electron chi connectivity index (χ0n) is 12.0. The van der Waals surface area contributed by atoms with E-state index >= 15 is 0 Å². The van der Waals surface area contributed by atoms with Gasteiger partial charge in [0, 0.05) is 12.8 Å². The molecule has 20 heavy (non-hydrogen) atoms. The van der Waals surface area contributed by atoms with E-state index in [9.17, 15) is 0 Å². The zero-order chi connectivity index (χ0) is 14.5. The van der Waals surface area contributed by atoms with Crippen molar-refractivity contribution in [1.29, 1.82) is 0 Å². The van der Waals surface area contributed by atoms with E-state index in [1.165, 1.54) is 0 Å². The second-order valence-electron chi connectivity index (χ2n) is 4.77. The van der Waals surface area contributed by atoms with Gasteiger partial charge in [-0.1, -0.05) is 0 Å². The molecule has 0 amide bonds. The van der Waals surface area contributed by atoms with Crippen molar-refractivity contribution in [2.75, 3.05) is 12.0 Å². The molecule has 1 aliphatic heterocycles. The van der Waals surface area contributed by atoms with Crippen LogP contribution >= 0.6 is 0 Å². The number of nitrogens with two attached hydrogens (primary N) is 1. The van der Waals surface area contributed by atoms with Crippen LogP contribution in [0.15, 0.2) is 0 Å². The minimum atomic E-state index is 0.0104. The molecule has 1 aliphatic rings. The monoisotopic (exact) mass is 283 g/mol. The first-order valence-corrected chi connectivity index (χ1v) is 6.78. The third-order valence-corrected chi connectivity index (χ3v) is 2.92. The zero-order valence-corrected chi connectivity index (χ0v) is 12.0. The third-order valence-electron chi connectivity index (χ3n) is 2.92. The van der Waals surface area contributed by atoms with Crippen LogP contribution in [0.4, 0.5) is 5.95 Å². The van der Waals surface area contributed by atoms with Gasteiger partial charge in [0.25, 0.3) is 0 Å². The predicted molar refractivity (Wildman–Crippen MR) is 72.5 cm³/mol. The highest BCUT2D eigenvalue weighted by Crippen LogP contribution is 2.23. The molecule has 2 rings (SSSR count). The quantitative estimate of drug-likeness (QED) is 0.606. The molecule has 112 valence electrons. The van der Waals surface area contributed by atoms with Crippen molar-refractivity contribution in [1.82, 2.24) is 15.0 Å². The molecule has 0 radical (unpaired) electrons. The summed E-state index contributed by atoms with van der Waals surface area (Å²) in [5.41, 5.74) is 2.37. The van der Waals surface area contributed by atoms with Crippen LogP contribution in [-0.4, -0.2) is 39.9 Å². The fourth-order valence-corrected chi connectivity index (χ4v) is 2.24. The van der Waals surface area contributed by atoms with Crippen LogP contribution in [0.2, 0.25) is 0 Å². The molecule has 0 aliphatic carbocycles.